The molecule has 15 unspecified atom stereocenters. The van der Waals surface area contributed by atoms with E-state index in [1.807, 2.05) is 0 Å². The van der Waals surface area contributed by atoms with Crippen LogP contribution in [0.15, 0.2) is 0 Å². The fourth-order valence-electron chi connectivity index (χ4n) is 11.2. The van der Waals surface area contributed by atoms with Gasteiger partial charge in [0.05, 0.1) is 36.6 Å². The van der Waals surface area contributed by atoms with Crippen LogP contribution in [0, 0.1) is 23.2 Å². The third-order valence-corrected chi connectivity index (χ3v) is 13.1. The van der Waals surface area contributed by atoms with E-state index in [4.69, 9.17) is 28.4 Å². The molecule has 0 radical (unpaired) electrons. The highest BCUT2D eigenvalue weighted by Crippen LogP contribution is 2.77. The number of ether oxygens (including phenoxy) is 6. The van der Waals surface area contributed by atoms with Gasteiger partial charge in [0.15, 0.2) is 23.1 Å². The van der Waals surface area contributed by atoms with Gasteiger partial charge in [-0.25, -0.2) is 0 Å². The Morgan fingerprint density at radius 2 is 1.69 bits per heavy atom. The Bertz CT molecular complexity index is 1430. The van der Waals surface area contributed by atoms with Gasteiger partial charge < -0.3 is 43.7 Å². The zero-order valence-electron chi connectivity index (χ0n) is 23.7. The summed E-state index contributed by atoms with van der Waals surface area (Å²) in [5, 5.41) is 34.7. The Kier molecular flexibility index (Phi) is 4.28. The highest BCUT2D eigenvalue weighted by molar-refractivity contribution is 6.05. The monoisotopic (exact) mass is 590 g/mol. The van der Waals surface area contributed by atoms with Crippen LogP contribution in [0.3, 0.4) is 0 Å². The molecule has 0 amide bonds. The summed E-state index contributed by atoms with van der Waals surface area (Å²) in [6, 6.07) is 0. The lowest BCUT2D eigenvalue weighted by Gasteiger charge is -2.54. The lowest BCUT2D eigenvalue weighted by atomic mass is 9.59. The quantitative estimate of drug-likeness (QED) is 0.245. The minimum absolute atomic E-state index is 0.0189. The molecular formula is C29H34O13. The van der Waals surface area contributed by atoms with E-state index in [1.165, 1.54) is 13.8 Å². The molecule has 2 bridgehead atoms. The van der Waals surface area contributed by atoms with Crippen LogP contribution in [0.4, 0.5) is 0 Å². The Balaban J connectivity index is 1.27. The fraction of sp³-hybridized carbons (Fsp3) is 0.862. The second-order valence-electron chi connectivity index (χ2n) is 14.9. The lowest BCUT2D eigenvalue weighted by Crippen LogP contribution is -2.75. The first-order valence-corrected chi connectivity index (χ1v) is 14.8. The maximum atomic E-state index is 15.1. The Morgan fingerprint density at radius 1 is 0.952 bits per heavy atom. The van der Waals surface area contributed by atoms with E-state index >= 15 is 4.79 Å². The van der Waals surface area contributed by atoms with Gasteiger partial charge in [0, 0.05) is 17.8 Å². The zero-order chi connectivity index (χ0) is 29.8. The molecule has 7 heterocycles. The molecule has 7 aliphatic heterocycles. The highest BCUT2D eigenvalue weighted by atomic mass is 16.8. The summed E-state index contributed by atoms with van der Waals surface area (Å²) >= 11 is 0. The zero-order valence-corrected chi connectivity index (χ0v) is 23.7. The smallest absolute Gasteiger partial charge is 0.311 e. The molecule has 0 aromatic carbocycles. The molecule has 9 aliphatic rings. The standard InChI is InChI=1S/C29H34O13/c1-11-16-17(37-18(11)32)27(36)19-22(2,20(33)24(27,4)35)5-6-25-9-26-12(23(3,10-30)38-13(26)8-15(31)40-26)7-14-28(25,39-14)21(34)29(19,41-16)42-25/h11-14,16-17,19,30,35-36H,5-10H2,1-4H3. The first kappa shape index (κ1) is 26.4. The number of hydrogen-bond acceptors (Lipinski definition) is 13. The van der Waals surface area contributed by atoms with E-state index < -0.39 is 110 Å². The third kappa shape index (κ3) is 2.25. The van der Waals surface area contributed by atoms with Gasteiger partial charge in [0.2, 0.25) is 11.6 Å². The minimum atomic E-state index is -2.41. The molecule has 15 atom stereocenters. The van der Waals surface area contributed by atoms with Crippen LogP contribution >= 0.6 is 0 Å². The van der Waals surface area contributed by atoms with Crippen molar-refractivity contribution in [3.05, 3.63) is 0 Å². The molecule has 9 rings (SSSR count). The summed E-state index contributed by atoms with van der Waals surface area (Å²) in [5.41, 5.74) is -11.7. The van der Waals surface area contributed by atoms with E-state index in [0.29, 0.717) is 0 Å². The number of esters is 2. The number of ketones is 2. The number of fused-ring (bicyclic) bond motifs is 2. The number of hydrogen-bond donors (Lipinski definition) is 3. The van der Waals surface area contributed by atoms with Gasteiger partial charge in [-0.3, -0.25) is 19.2 Å². The van der Waals surface area contributed by atoms with Crippen LogP contribution < -0.4 is 0 Å². The van der Waals surface area contributed by atoms with Crippen LogP contribution in [-0.4, -0.2) is 109 Å². The van der Waals surface area contributed by atoms with Gasteiger partial charge in [0.1, 0.15) is 29.0 Å². The first-order chi connectivity index (χ1) is 19.5. The van der Waals surface area contributed by atoms with Crippen LogP contribution in [0.2, 0.25) is 0 Å². The van der Waals surface area contributed by atoms with Crippen molar-refractivity contribution in [1.29, 1.82) is 0 Å². The van der Waals surface area contributed by atoms with Crippen molar-refractivity contribution in [3.63, 3.8) is 0 Å². The second-order valence-corrected chi connectivity index (χ2v) is 14.9. The number of carbonyl (C=O) groups is 4. The summed E-state index contributed by atoms with van der Waals surface area (Å²) in [6.45, 7) is 5.73. The summed E-state index contributed by atoms with van der Waals surface area (Å²) in [7, 11) is 0. The SMILES string of the molecule is CC1C(=O)OC2C1OC13OC4(CCC5(C)C(=O)C(C)(O)C2(O)C51)CC12OC(=O)CC1OC(C)(CO)C2CC1OC14C3=O. The van der Waals surface area contributed by atoms with Crippen molar-refractivity contribution in [2.24, 2.45) is 23.2 Å². The van der Waals surface area contributed by atoms with Crippen molar-refractivity contribution in [2.45, 2.75) is 124 Å². The summed E-state index contributed by atoms with van der Waals surface area (Å²) in [5.74, 6) is -7.62. The molecule has 7 saturated heterocycles. The van der Waals surface area contributed by atoms with Crippen LogP contribution in [0.25, 0.3) is 0 Å². The Morgan fingerprint density at radius 3 is 2.40 bits per heavy atom. The van der Waals surface area contributed by atoms with Crippen LogP contribution in [0.1, 0.15) is 59.8 Å². The van der Waals surface area contributed by atoms with Crippen LogP contribution in [-0.2, 0) is 47.6 Å². The highest BCUT2D eigenvalue weighted by Gasteiger charge is 2.96. The lowest BCUT2D eigenvalue weighted by molar-refractivity contribution is -0.370. The summed E-state index contributed by atoms with van der Waals surface area (Å²) < 4.78 is 37.8. The molecule has 13 nitrogen and oxygen atoms in total. The Labute approximate surface area is 240 Å². The molecule has 2 saturated carbocycles. The van der Waals surface area contributed by atoms with E-state index in [0.717, 1.165) is 0 Å². The maximum absolute atomic E-state index is 15.1. The van der Waals surface area contributed by atoms with E-state index in [2.05, 4.69) is 0 Å². The number of epoxide rings is 1. The van der Waals surface area contributed by atoms with E-state index in [9.17, 15) is 29.7 Å². The average molecular weight is 591 g/mol. The van der Waals surface area contributed by atoms with Crippen molar-refractivity contribution < 1.29 is 62.9 Å². The van der Waals surface area contributed by atoms with Gasteiger partial charge in [0.25, 0.3) is 0 Å². The molecule has 0 aromatic rings. The molecule has 3 N–H and O–H groups in total. The van der Waals surface area contributed by atoms with E-state index in [1.54, 1.807) is 13.8 Å². The van der Waals surface area contributed by atoms with Gasteiger partial charge >= 0.3 is 11.9 Å². The summed E-state index contributed by atoms with van der Waals surface area (Å²) in [4.78, 5) is 54.8. The molecular weight excluding hydrogens is 556 g/mol. The van der Waals surface area contributed by atoms with E-state index in [-0.39, 0.29) is 38.7 Å². The number of rotatable bonds is 1. The summed E-state index contributed by atoms with van der Waals surface area (Å²) in [6.07, 6.45) is -3.71. The molecule has 4 spiro atoms. The van der Waals surface area contributed by atoms with Crippen molar-refractivity contribution in [3.8, 4) is 0 Å². The van der Waals surface area contributed by atoms with Gasteiger partial charge in [-0.15, -0.1) is 0 Å². The molecule has 2 aliphatic carbocycles. The third-order valence-electron chi connectivity index (χ3n) is 13.1. The second kappa shape index (κ2) is 6.80. The topological polar surface area (TPSA) is 188 Å². The number of aliphatic hydroxyl groups excluding tert-OH is 1. The number of aliphatic hydroxyl groups is 3. The Hall–Kier alpha value is -2.00. The minimum Gasteiger partial charge on any atom is -0.456 e. The van der Waals surface area contributed by atoms with Crippen molar-refractivity contribution >= 4 is 23.5 Å². The van der Waals surface area contributed by atoms with Crippen LogP contribution in [0.5, 0.6) is 0 Å². The predicted octanol–water partition coefficient (Wildman–Crippen LogP) is -1.15. The first-order valence-electron chi connectivity index (χ1n) is 14.8. The van der Waals surface area contributed by atoms with Gasteiger partial charge in [-0.2, -0.15) is 0 Å². The average Bonchev–Trinajstić information content (AvgIpc) is 3.37. The maximum Gasteiger partial charge on any atom is 0.311 e. The largest absolute Gasteiger partial charge is 0.456 e. The van der Waals surface area contributed by atoms with Crippen molar-refractivity contribution in [1.82, 2.24) is 0 Å². The molecule has 9 fully saturated rings. The predicted molar refractivity (Wildman–Crippen MR) is 131 cm³/mol. The fourth-order valence-corrected chi connectivity index (χ4v) is 11.2. The number of Topliss-reactive ketones (excluding diaryl/α,β-unsaturated/α-hetero) is 2. The normalized spacial score (nSPS) is 64.9. The van der Waals surface area contributed by atoms with Gasteiger partial charge in [-0.05, 0) is 40.0 Å². The van der Waals surface area contributed by atoms with Gasteiger partial charge in [-0.1, -0.05) is 6.92 Å². The molecule has 42 heavy (non-hydrogen) atoms. The number of carbonyl (C=O) groups excluding carboxylic acids is 4. The van der Waals surface area contributed by atoms with Crippen molar-refractivity contribution in [2.75, 3.05) is 6.61 Å². The molecule has 228 valence electrons. The molecule has 0 aromatic heterocycles. The molecule has 13 heteroatoms.